The highest BCUT2D eigenvalue weighted by Crippen LogP contribution is 2.37. The lowest BCUT2D eigenvalue weighted by Crippen LogP contribution is -2.20. The van der Waals surface area contributed by atoms with E-state index in [2.05, 4.69) is 49.8 Å². The van der Waals surface area contributed by atoms with E-state index in [4.69, 9.17) is 0 Å². The van der Waals surface area contributed by atoms with Crippen LogP contribution in [0.1, 0.15) is 48.4 Å². The number of aromatic nitrogens is 10. The Hall–Kier alpha value is -6.06. The summed E-state index contributed by atoms with van der Waals surface area (Å²) in [6.45, 7) is 4.65. The first-order valence-electron chi connectivity index (χ1n) is 14.7. The van der Waals surface area contributed by atoms with Gasteiger partial charge in [0.25, 0.3) is 0 Å². The lowest BCUT2D eigenvalue weighted by atomic mass is 10.1. The third-order valence-electron chi connectivity index (χ3n) is 7.93. The molecular weight excluding hydrogens is 628 g/mol. The Kier molecular flexibility index (Phi) is 8.04. The molecule has 0 spiro atoms. The van der Waals surface area contributed by atoms with Crippen molar-refractivity contribution in [2.24, 2.45) is 0 Å². The van der Waals surface area contributed by atoms with Gasteiger partial charge in [0.05, 0.1) is 36.6 Å². The molecule has 2 atom stereocenters. The van der Waals surface area contributed by atoms with Crippen molar-refractivity contribution in [3.05, 3.63) is 120 Å². The summed E-state index contributed by atoms with van der Waals surface area (Å²) in [5.74, 6) is -1.26. The van der Waals surface area contributed by atoms with Gasteiger partial charge in [-0.1, -0.05) is 0 Å². The van der Waals surface area contributed by atoms with Gasteiger partial charge in [-0.05, 0) is 26.0 Å². The van der Waals surface area contributed by atoms with Gasteiger partial charge in [0.15, 0.2) is 23.3 Å². The van der Waals surface area contributed by atoms with Crippen LogP contribution in [0, 0.1) is 23.7 Å². The largest absolute Gasteiger partial charge is 0.358 e. The maximum atomic E-state index is 13.5. The Bertz CT molecular complexity index is 1910. The molecule has 12 nitrogen and oxygen atoms in total. The topological polar surface area (TPSA) is 135 Å². The van der Waals surface area contributed by atoms with Crippen LogP contribution in [0.5, 0.6) is 0 Å². The van der Waals surface area contributed by atoms with E-state index in [0.717, 1.165) is 28.6 Å². The highest BCUT2D eigenvalue weighted by molar-refractivity contribution is 5.54. The quantitative estimate of drug-likeness (QED) is 0.179. The number of nitrogens with zero attached hydrogens (tertiary/aromatic N) is 12. The molecule has 6 aromatic heterocycles. The van der Waals surface area contributed by atoms with Crippen LogP contribution in [-0.2, 0) is 13.1 Å². The first-order valence-corrected chi connectivity index (χ1v) is 14.7. The standard InChI is InChI=1S/2C16H12F2N6/c1-9-11-7-21-16(15-19-3-2-4-20-15)22-12(11)8-24(9)10-5-13(17)23-14(18)6-10;1-9-11-7-21-16(15-19-3-2-4-20-15)22-12(11)8-24(9)14-6-10(17)5-13(18)23-14/h2*2-7,9H,8H2,1H3. The van der Waals surface area contributed by atoms with Crippen LogP contribution < -0.4 is 9.80 Å². The van der Waals surface area contributed by atoms with Gasteiger partial charge in [0.2, 0.25) is 17.8 Å². The van der Waals surface area contributed by atoms with Crippen molar-refractivity contribution in [1.82, 2.24) is 49.8 Å². The van der Waals surface area contributed by atoms with Crippen LogP contribution >= 0.6 is 0 Å². The van der Waals surface area contributed by atoms with Crippen molar-refractivity contribution in [3.8, 4) is 23.3 Å². The van der Waals surface area contributed by atoms with Gasteiger partial charge < -0.3 is 9.80 Å². The highest BCUT2D eigenvalue weighted by atomic mass is 19.1. The molecule has 0 N–H and O–H groups in total. The van der Waals surface area contributed by atoms with Crippen LogP contribution in [0.4, 0.5) is 29.1 Å². The van der Waals surface area contributed by atoms with Gasteiger partial charge in [-0.15, -0.1) is 0 Å². The second-order valence-corrected chi connectivity index (χ2v) is 10.9. The minimum atomic E-state index is -0.849. The average molecular weight is 653 g/mol. The Labute approximate surface area is 270 Å². The molecule has 2 aliphatic heterocycles. The van der Waals surface area contributed by atoms with Gasteiger partial charge >= 0.3 is 0 Å². The van der Waals surface area contributed by atoms with Crippen LogP contribution in [0.2, 0.25) is 0 Å². The summed E-state index contributed by atoms with van der Waals surface area (Å²) < 4.78 is 53.7. The number of hydrogen-bond donors (Lipinski definition) is 0. The smallest absolute Gasteiger partial charge is 0.217 e. The number of anilines is 2. The molecule has 0 amide bonds. The Morgan fingerprint density at radius 2 is 1.02 bits per heavy atom. The van der Waals surface area contributed by atoms with Gasteiger partial charge in [-0.3, -0.25) is 0 Å². The maximum Gasteiger partial charge on any atom is 0.217 e. The lowest BCUT2D eigenvalue weighted by molar-refractivity contribution is 0.511. The molecule has 2 unspecified atom stereocenters. The fraction of sp³-hybridized carbons (Fsp3) is 0.188. The summed E-state index contributed by atoms with van der Waals surface area (Å²) in [5, 5.41) is 0. The normalized spacial score (nSPS) is 16.3. The third-order valence-corrected chi connectivity index (χ3v) is 7.93. The third kappa shape index (κ3) is 6.06. The number of fused-ring (bicyclic) bond motifs is 2. The molecule has 0 saturated carbocycles. The van der Waals surface area contributed by atoms with E-state index < -0.39 is 23.7 Å². The van der Waals surface area contributed by atoms with Crippen LogP contribution in [0.3, 0.4) is 0 Å². The van der Waals surface area contributed by atoms with Crippen LogP contribution in [-0.4, -0.2) is 49.8 Å². The first kappa shape index (κ1) is 30.6. The lowest BCUT2D eigenvalue weighted by Gasteiger charge is -2.23. The Morgan fingerprint density at radius 3 is 1.54 bits per heavy atom. The minimum Gasteiger partial charge on any atom is -0.358 e. The summed E-state index contributed by atoms with van der Waals surface area (Å²) >= 11 is 0. The molecule has 8 heterocycles. The predicted molar refractivity (Wildman–Crippen MR) is 164 cm³/mol. The number of pyridine rings is 2. The highest BCUT2D eigenvalue weighted by Gasteiger charge is 2.31. The Morgan fingerprint density at radius 1 is 0.542 bits per heavy atom. The fourth-order valence-electron chi connectivity index (χ4n) is 5.59. The predicted octanol–water partition coefficient (Wildman–Crippen LogP) is 5.38. The van der Waals surface area contributed by atoms with E-state index in [1.54, 1.807) is 54.2 Å². The van der Waals surface area contributed by atoms with Gasteiger partial charge in [0.1, 0.15) is 11.6 Å². The molecule has 16 heteroatoms. The SMILES string of the molecule is CC1c2cnc(-c3ncccn3)nc2CN1c1cc(F)cc(F)n1.CC1c2cnc(-c3ncccn3)nc2CN1c1cc(F)nc(F)c1. The zero-order chi connectivity index (χ0) is 33.4. The van der Waals surface area contributed by atoms with Crippen molar-refractivity contribution < 1.29 is 17.6 Å². The summed E-state index contributed by atoms with van der Waals surface area (Å²) in [6, 6.07) is 7.56. The van der Waals surface area contributed by atoms with Crippen LogP contribution in [0.25, 0.3) is 23.3 Å². The molecule has 0 fully saturated rings. The van der Waals surface area contributed by atoms with Crippen molar-refractivity contribution in [1.29, 1.82) is 0 Å². The molecule has 0 aliphatic carbocycles. The molecule has 0 radical (unpaired) electrons. The second-order valence-electron chi connectivity index (χ2n) is 10.9. The molecule has 2 aliphatic rings. The first-order chi connectivity index (χ1) is 23.2. The minimum absolute atomic E-state index is 0.105. The molecule has 0 aromatic carbocycles. The van der Waals surface area contributed by atoms with Gasteiger partial charge in [-0.2, -0.15) is 18.2 Å². The summed E-state index contributed by atoms with van der Waals surface area (Å²) in [7, 11) is 0. The van der Waals surface area contributed by atoms with E-state index >= 15 is 0 Å². The molecule has 48 heavy (non-hydrogen) atoms. The van der Waals surface area contributed by atoms with Crippen molar-refractivity contribution >= 4 is 11.5 Å². The van der Waals surface area contributed by atoms with Gasteiger partial charge in [0, 0.05) is 78.3 Å². The van der Waals surface area contributed by atoms with E-state index in [1.807, 2.05) is 18.7 Å². The zero-order valence-electron chi connectivity index (χ0n) is 25.4. The molecule has 0 saturated heterocycles. The number of rotatable bonds is 4. The molecule has 6 aromatic rings. The Balaban J connectivity index is 0.000000152. The van der Waals surface area contributed by atoms with E-state index in [1.165, 1.54) is 18.2 Å². The zero-order valence-corrected chi connectivity index (χ0v) is 25.4. The summed E-state index contributed by atoms with van der Waals surface area (Å²) in [4.78, 5) is 44.7. The molecule has 240 valence electrons. The van der Waals surface area contributed by atoms with E-state index in [0.29, 0.717) is 42.1 Å². The maximum absolute atomic E-state index is 13.5. The average Bonchev–Trinajstić information content (AvgIpc) is 3.60. The van der Waals surface area contributed by atoms with E-state index in [-0.39, 0.29) is 17.9 Å². The van der Waals surface area contributed by atoms with E-state index in [9.17, 15) is 17.6 Å². The van der Waals surface area contributed by atoms with Crippen molar-refractivity contribution in [2.75, 3.05) is 9.80 Å². The number of hydrogen-bond acceptors (Lipinski definition) is 12. The fourth-order valence-corrected chi connectivity index (χ4v) is 5.59. The van der Waals surface area contributed by atoms with Crippen LogP contribution in [0.15, 0.2) is 73.6 Å². The monoisotopic (exact) mass is 652 g/mol. The van der Waals surface area contributed by atoms with Crippen molar-refractivity contribution in [3.63, 3.8) is 0 Å². The van der Waals surface area contributed by atoms with Gasteiger partial charge in [-0.25, -0.2) is 49.2 Å². The molecule has 0 bridgehead atoms. The molecular formula is C32H24F4N12. The summed E-state index contributed by atoms with van der Waals surface area (Å²) in [5.41, 5.74) is 3.78. The molecule has 8 rings (SSSR count). The second kappa shape index (κ2) is 12.6. The van der Waals surface area contributed by atoms with Crippen molar-refractivity contribution in [2.45, 2.75) is 39.0 Å². The summed E-state index contributed by atoms with van der Waals surface area (Å²) in [6.07, 6.45) is 9.90. The number of halogens is 4.